The molecule has 0 atom stereocenters. The molecular formula is C9H14N2O4S. The molecule has 1 heterocycles. The molecule has 1 rings (SSSR count). The number of amides is 1. The molecule has 16 heavy (non-hydrogen) atoms. The summed E-state index contributed by atoms with van der Waals surface area (Å²) in [5, 5.41) is 0. The van der Waals surface area contributed by atoms with Crippen molar-refractivity contribution in [1.82, 2.24) is 4.90 Å². The molecule has 0 N–H and O–H groups in total. The van der Waals surface area contributed by atoms with Gasteiger partial charge < -0.3 is 4.55 Å². The average Bonchev–Trinajstić information content (AvgIpc) is 2.15. The summed E-state index contributed by atoms with van der Waals surface area (Å²) in [6.45, 7) is 0. The minimum Gasteiger partial charge on any atom is -0.748 e. The molecule has 1 amide bonds. The molecule has 0 bridgehead atoms. The van der Waals surface area contributed by atoms with Crippen LogP contribution in [0, 0.1) is 0 Å². The van der Waals surface area contributed by atoms with E-state index in [1.54, 1.807) is 26.5 Å². The lowest BCUT2D eigenvalue weighted by Crippen LogP contribution is -2.48. The van der Waals surface area contributed by atoms with Gasteiger partial charge in [-0.25, -0.2) is 13.3 Å². The first-order chi connectivity index (χ1) is 7.22. The smallest absolute Gasteiger partial charge is 0.497 e. The molecule has 0 aliphatic heterocycles. The van der Waals surface area contributed by atoms with Crippen molar-refractivity contribution in [2.45, 2.75) is 0 Å². The van der Waals surface area contributed by atoms with Crippen molar-refractivity contribution in [1.29, 1.82) is 0 Å². The predicted molar refractivity (Wildman–Crippen MR) is 56.7 cm³/mol. The number of hydrogen-bond donors (Lipinski definition) is 0. The Morgan fingerprint density at radius 3 is 1.88 bits per heavy atom. The van der Waals surface area contributed by atoms with Gasteiger partial charge in [0.2, 0.25) is 0 Å². The Morgan fingerprint density at radius 1 is 1.19 bits per heavy atom. The van der Waals surface area contributed by atoms with Crippen LogP contribution < -0.4 is 4.57 Å². The maximum Gasteiger partial charge on any atom is 0.497 e. The van der Waals surface area contributed by atoms with Crippen molar-refractivity contribution in [2.24, 2.45) is 0 Å². The molecule has 0 unspecified atom stereocenters. The van der Waals surface area contributed by atoms with Crippen molar-refractivity contribution in [3.05, 3.63) is 30.6 Å². The average molecular weight is 246 g/mol. The van der Waals surface area contributed by atoms with E-state index in [-0.39, 0.29) is 6.03 Å². The molecule has 7 heteroatoms. The summed E-state index contributed by atoms with van der Waals surface area (Å²) in [5.41, 5.74) is 0. The molecule has 0 fully saturated rings. The molecule has 0 saturated heterocycles. The quantitative estimate of drug-likeness (QED) is 0.463. The number of rotatable bonds is 0. The normalized spacial score (nSPS) is 10.0. The topological polar surface area (TPSA) is 81.4 Å². The van der Waals surface area contributed by atoms with Crippen LogP contribution in [0.3, 0.4) is 0 Å². The number of nitrogens with zero attached hydrogens (tertiary/aromatic N) is 2. The number of carbonyl (C=O) groups is 1. The van der Waals surface area contributed by atoms with Crippen molar-refractivity contribution in [3.8, 4) is 0 Å². The van der Waals surface area contributed by atoms with Gasteiger partial charge in [-0.15, -0.1) is 0 Å². The first kappa shape index (κ1) is 14.5. The Balaban J connectivity index is 0.000000385. The Kier molecular flexibility index (Phi) is 5.62. The summed E-state index contributed by atoms with van der Waals surface area (Å²) in [6, 6.07) is 5.48. The molecule has 1 aromatic heterocycles. The van der Waals surface area contributed by atoms with E-state index in [2.05, 4.69) is 0 Å². The number of carbonyl (C=O) groups excluding carboxylic acids is 1. The van der Waals surface area contributed by atoms with Gasteiger partial charge in [-0.3, -0.25) is 0 Å². The van der Waals surface area contributed by atoms with Gasteiger partial charge in [-0.1, -0.05) is 6.07 Å². The Bertz CT molecular complexity index is 420. The van der Waals surface area contributed by atoms with Gasteiger partial charge in [0.1, 0.15) is 0 Å². The second-order valence-electron chi connectivity index (χ2n) is 3.16. The SMILES string of the molecule is CN(C)C(=O)[n+]1ccccc1.CS(=O)(=O)[O-]. The monoisotopic (exact) mass is 246 g/mol. The first-order valence-corrected chi connectivity index (χ1v) is 6.12. The van der Waals surface area contributed by atoms with E-state index >= 15 is 0 Å². The first-order valence-electron chi connectivity index (χ1n) is 4.30. The van der Waals surface area contributed by atoms with E-state index < -0.39 is 10.1 Å². The standard InChI is InChI=1S/C8H11N2O.CH4O3S/c1-9(2)8(11)10-6-4-3-5-7-10;1-5(2,3)4/h3-7H,1-2H3;1H3,(H,2,3,4)/q+1;/p-1. The van der Waals surface area contributed by atoms with Crippen LogP contribution in [-0.4, -0.2) is 44.3 Å². The van der Waals surface area contributed by atoms with Crippen LogP contribution in [0.15, 0.2) is 30.6 Å². The fourth-order valence-corrected chi connectivity index (χ4v) is 0.757. The fraction of sp³-hybridized carbons (Fsp3) is 0.333. The van der Waals surface area contributed by atoms with E-state index in [0.29, 0.717) is 6.26 Å². The minimum absolute atomic E-state index is 0.0365. The van der Waals surface area contributed by atoms with E-state index in [0.717, 1.165) is 0 Å². The van der Waals surface area contributed by atoms with Crippen molar-refractivity contribution in [2.75, 3.05) is 20.4 Å². The third-order valence-electron chi connectivity index (χ3n) is 1.32. The van der Waals surface area contributed by atoms with Crippen molar-refractivity contribution in [3.63, 3.8) is 0 Å². The molecular weight excluding hydrogens is 232 g/mol. The molecule has 0 aliphatic carbocycles. The van der Waals surface area contributed by atoms with Crippen LogP contribution in [0.1, 0.15) is 0 Å². The van der Waals surface area contributed by atoms with Crippen molar-refractivity contribution >= 4 is 16.1 Å². The highest BCUT2D eigenvalue weighted by Crippen LogP contribution is 1.80. The van der Waals surface area contributed by atoms with Gasteiger partial charge in [0, 0.05) is 6.26 Å². The molecule has 0 aliphatic rings. The lowest BCUT2D eigenvalue weighted by atomic mass is 10.5. The van der Waals surface area contributed by atoms with E-state index in [4.69, 9.17) is 13.0 Å². The van der Waals surface area contributed by atoms with Gasteiger partial charge >= 0.3 is 6.03 Å². The zero-order valence-corrected chi connectivity index (χ0v) is 10.1. The summed E-state index contributed by atoms with van der Waals surface area (Å²) < 4.78 is 28.8. The van der Waals surface area contributed by atoms with Crippen LogP contribution in [-0.2, 0) is 10.1 Å². The molecule has 1 aromatic rings. The second-order valence-corrected chi connectivity index (χ2v) is 4.57. The third kappa shape index (κ3) is 7.89. The Labute approximate surface area is 94.9 Å². The van der Waals surface area contributed by atoms with E-state index in [1.807, 2.05) is 18.2 Å². The molecule has 90 valence electrons. The highest BCUT2D eigenvalue weighted by atomic mass is 32.2. The van der Waals surface area contributed by atoms with E-state index in [9.17, 15) is 4.79 Å². The van der Waals surface area contributed by atoms with Gasteiger partial charge in [0.25, 0.3) is 0 Å². The van der Waals surface area contributed by atoms with Crippen LogP contribution in [0.25, 0.3) is 0 Å². The lowest BCUT2D eigenvalue weighted by Gasteiger charge is -2.01. The van der Waals surface area contributed by atoms with Gasteiger partial charge in [0.15, 0.2) is 0 Å². The molecule has 0 aromatic carbocycles. The molecule has 0 radical (unpaired) electrons. The van der Waals surface area contributed by atoms with Gasteiger partial charge in [0.05, 0.1) is 36.6 Å². The van der Waals surface area contributed by atoms with E-state index in [1.165, 1.54) is 9.47 Å². The van der Waals surface area contributed by atoms with Crippen LogP contribution in [0.2, 0.25) is 0 Å². The summed E-state index contributed by atoms with van der Waals surface area (Å²) in [7, 11) is -0.468. The molecule has 0 saturated carbocycles. The highest BCUT2D eigenvalue weighted by Gasteiger charge is 2.13. The fourth-order valence-electron chi connectivity index (χ4n) is 0.757. The van der Waals surface area contributed by atoms with Gasteiger partial charge in [-0.05, 0) is 12.1 Å². The highest BCUT2D eigenvalue weighted by molar-refractivity contribution is 7.84. The van der Waals surface area contributed by atoms with Crippen molar-refractivity contribution < 1.29 is 22.3 Å². The number of hydrogen-bond acceptors (Lipinski definition) is 4. The van der Waals surface area contributed by atoms with Crippen LogP contribution in [0.4, 0.5) is 4.79 Å². The second kappa shape index (κ2) is 6.19. The zero-order valence-electron chi connectivity index (χ0n) is 9.32. The Hall–Kier alpha value is -1.47. The number of pyridine rings is 1. The lowest BCUT2D eigenvalue weighted by molar-refractivity contribution is -0.577. The molecule has 0 spiro atoms. The zero-order chi connectivity index (χ0) is 12.8. The Morgan fingerprint density at radius 2 is 1.56 bits per heavy atom. The van der Waals surface area contributed by atoms with Crippen LogP contribution >= 0.6 is 0 Å². The predicted octanol–water partition coefficient (Wildman–Crippen LogP) is -0.335. The molecule has 6 nitrogen and oxygen atoms in total. The van der Waals surface area contributed by atoms with Crippen LogP contribution in [0.5, 0.6) is 0 Å². The summed E-state index contributed by atoms with van der Waals surface area (Å²) >= 11 is 0. The maximum absolute atomic E-state index is 11.2. The minimum atomic E-state index is -3.92. The summed E-state index contributed by atoms with van der Waals surface area (Å²) in [5.74, 6) is 0. The summed E-state index contributed by atoms with van der Waals surface area (Å²) in [4.78, 5) is 12.8. The maximum atomic E-state index is 11.2. The summed E-state index contributed by atoms with van der Waals surface area (Å²) in [6.07, 6.45) is 4.05. The largest absolute Gasteiger partial charge is 0.748 e. The van der Waals surface area contributed by atoms with Gasteiger partial charge in [-0.2, -0.15) is 9.36 Å². The third-order valence-corrected chi connectivity index (χ3v) is 1.32. The number of aromatic nitrogens is 1.